The Labute approximate surface area is 175 Å². The number of carbonyl (C=O) groups excluding carboxylic acids is 1. The van der Waals surface area contributed by atoms with Crippen LogP contribution in [0, 0.1) is 22.2 Å². The molecule has 9 heteroatoms. The summed E-state index contributed by atoms with van der Waals surface area (Å²) in [7, 11) is 0. The molecule has 0 radical (unpaired) electrons. The first-order valence-corrected chi connectivity index (χ1v) is 9.94. The summed E-state index contributed by atoms with van der Waals surface area (Å²) in [5, 5.41) is 9.59. The summed E-state index contributed by atoms with van der Waals surface area (Å²) >= 11 is 0. The van der Waals surface area contributed by atoms with E-state index < -0.39 is 47.3 Å². The van der Waals surface area contributed by atoms with E-state index in [4.69, 9.17) is 4.74 Å². The van der Waals surface area contributed by atoms with Crippen LogP contribution in [-0.4, -0.2) is 35.1 Å². The quantitative estimate of drug-likeness (QED) is 0.348. The highest BCUT2D eigenvalue weighted by atomic mass is 19.4. The number of alkyl halides is 6. The summed E-state index contributed by atoms with van der Waals surface area (Å²) in [6, 6.07) is 0. The number of hydrogen-bond acceptors (Lipinski definition) is 3. The van der Waals surface area contributed by atoms with Crippen molar-refractivity contribution in [3.63, 3.8) is 0 Å². The van der Waals surface area contributed by atoms with Gasteiger partial charge in [-0.1, -0.05) is 55.4 Å². The normalized spacial score (nSPS) is 17.6. The average molecular weight is 451 g/mol. The third kappa shape index (κ3) is 7.02. The molecule has 0 aliphatic rings. The predicted molar refractivity (Wildman–Crippen MR) is 103 cm³/mol. The summed E-state index contributed by atoms with van der Waals surface area (Å²) in [5.41, 5.74) is -7.17. The smallest absolute Gasteiger partial charge is 0.426 e. The van der Waals surface area contributed by atoms with Gasteiger partial charge in [-0.05, 0) is 36.5 Å². The molecule has 0 saturated heterocycles. The van der Waals surface area contributed by atoms with Crippen LogP contribution in [-0.2, 0) is 9.53 Å². The van der Waals surface area contributed by atoms with Crippen LogP contribution in [0.25, 0.3) is 0 Å². The van der Waals surface area contributed by atoms with Crippen molar-refractivity contribution in [1.82, 2.24) is 0 Å². The molecule has 2 unspecified atom stereocenters. The van der Waals surface area contributed by atoms with E-state index in [-0.39, 0.29) is 17.8 Å². The molecular weight excluding hydrogens is 414 g/mol. The van der Waals surface area contributed by atoms with Gasteiger partial charge in [-0.25, -0.2) is 0 Å². The molecule has 0 spiro atoms. The van der Waals surface area contributed by atoms with Gasteiger partial charge in [0.1, 0.15) is 6.10 Å². The average Bonchev–Trinajstić information content (AvgIpc) is 2.40. The van der Waals surface area contributed by atoms with E-state index in [0.717, 1.165) is 0 Å². The number of esters is 1. The molecule has 0 rings (SSSR count). The fourth-order valence-electron chi connectivity index (χ4n) is 3.41. The Morgan fingerprint density at radius 3 is 1.53 bits per heavy atom. The lowest BCUT2D eigenvalue weighted by Gasteiger charge is -2.44. The molecule has 0 aliphatic heterocycles. The van der Waals surface area contributed by atoms with Crippen molar-refractivity contribution in [3.05, 3.63) is 0 Å². The molecule has 3 nitrogen and oxygen atoms in total. The van der Waals surface area contributed by atoms with Gasteiger partial charge in [0.05, 0.1) is 5.41 Å². The Morgan fingerprint density at radius 2 is 1.27 bits per heavy atom. The Kier molecular flexibility index (Phi) is 8.57. The van der Waals surface area contributed by atoms with Crippen LogP contribution in [0.1, 0.15) is 81.6 Å². The molecule has 2 atom stereocenters. The summed E-state index contributed by atoms with van der Waals surface area (Å²) in [5.74, 6) is -1.24. The van der Waals surface area contributed by atoms with E-state index in [1.54, 1.807) is 41.5 Å². The lowest BCUT2D eigenvalue weighted by atomic mass is 9.61. The molecule has 30 heavy (non-hydrogen) atoms. The molecule has 0 aliphatic carbocycles. The number of hydrogen-bond donors (Lipinski definition) is 1. The Balaban J connectivity index is 6.10. The minimum Gasteiger partial charge on any atom is -0.462 e. The van der Waals surface area contributed by atoms with Crippen LogP contribution < -0.4 is 0 Å². The predicted octanol–water partition coefficient (Wildman–Crippen LogP) is 6.68. The molecule has 0 aromatic carbocycles. The zero-order valence-corrected chi connectivity index (χ0v) is 19.3. The largest absolute Gasteiger partial charge is 0.462 e. The van der Waals surface area contributed by atoms with Crippen molar-refractivity contribution < 1.29 is 41.0 Å². The van der Waals surface area contributed by atoms with E-state index >= 15 is 0 Å². The molecule has 0 heterocycles. The maximum Gasteiger partial charge on any atom is 0.426 e. The minimum absolute atomic E-state index is 0.254. The van der Waals surface area contributed by atoms with Gasteiger partial charge in [0.15, 0.2) is 0 Å². The summed E-state index contributed by atoms with van der Waals surface area (Å²) in [6.45, 7) is 15.7. The van der Waals surface area contributed by atoms with E-state index in [1.807, 2.05) is 20.8 Å². The van der Waals surface area contributed by atoms with Crippen molar-refractivity contribution in [1.29, 1.82) is 0 Å². The van der Waals surface area contributed by atoms with Gasteiger partial charge in [0, 0.05) is 6.42 Å². The number of rotatable bonds is 7. The summed E-state index contributed by atoms with van der Waals surface area (Å²) in [4.78, 5) is 13.1. The van der Waals surface area contributed by atoms with Gasteiger partial charge in [-0.3, -0.25) is 4.79 Å². The Bertz CT molecular complexity index is 568. The van der Waals surface area contributed by atoms with Gasteiger partial charge in [-0.15, -0.1) is 0 Å². The van der Waals surface area contributed by atoms with E-state index in [2.05, 4.69) is 0 Å². The van der Waals surface area contributed by atoms with Crippen LogP contribution in [0.5, 0.6) is 0 Å². The number of halogens is 6. The second-order valence-electron chi connectivity index (χ2n) is 11.0. The second-order valence-corrected chi connectivity index (χ2v) is 11.0. The second kappa shape index (κ2) is 8.87. The van der Waals surface area contributed by atoms with Gasteiger partial charge < -0.3 is 9.84 Å². The zero-order chi connectivity index (χ0) is 24.6. The Hall–Kier alpha value is -0.990. The number of carbonyl (C=O) groups is 1. The third-order valence-corrected chi connectivity index (χ3v) is 5.46. The highest BCUT2D eigenvalue weighted by Gasteiger charge is 2.71. The maximum absolute atomic E-state index is 13.2. The molecule has 0 aromatic rings. The molecule has 0 amide bonds. The molecular formula is C21H36F6O3. The van der Waals surface area contributed by atoms with Crippen LogP contribution in [0.15, 0.2) is 0 Å². The lowest BCUT2D eigenvalue weighted by molar-refractivity contribution is -0.374. The van der Waals surface area contributed by atoms with Crippen molar-refractivity contribution >= 4 is 5.97 Å². The highest BCUT2D eigenvalue weighted by molar-refractivity contribution is 5.77. The number of ether oxygens (including phenoxy) is 1. The maximum atomic E-state index is 13.2. The fraction of sp³-hybridized carbons (Fsp3) is 0.952. The summed E-state index contributed by atoms with van der Waals surface area (Å²) < 4.78 is 84.3. The van der Waals surface area contributed by atoms with Crippen LogP contribution in [0.3, 0.4) is 0 Å². The molecule has 0 fully saturated rings. The standard InChI is InChI=1S/C21H36F6O3/c1-13(2)10-14(11-19(29,20(22,23)24)21(25,26)27)30-15(28)18(9,17(6,7)8)12-16(3,4)5/h13-14,29H,10-12H2,1-9H3. The van der Waals surface area contributed by atoms with Gasteiger partial charge in [-0.2, -0.15) is 26.3 Å². The van der Waals surface area contributed by atoms with E-state index in [0.29, 0.717) is 6.42 Å². The number of aliphatic hydroxyl groups is 1. The van der Waals surface area contributed by atoms with Crippen LogP contribution >= 0.6 is 0 Å². The first-order chi connectivity index (χ1) is 12.9. The lowest BCUT2D eigenvalue weighted by Crippen LogP contribution is -2.59. The third-order valence-electron chi connectivity index (χ3n) is 5.46. The molecule has 0 saturated carbocycles. The summed E-state index contributed by atoms with van der Waals surface area (Å²) in [6.07, 6.45) is -15.4. The van der Waals surface area contributed by atoms with Gasteiger partial charge in [0.25, 0.3) is 5.60 Å². The Morgan fingerprint density at radius 1 is 0.867 bits per heavy atom. The molecule has 0 bridgehead atoms. The molecule has 1 N–H and O–H groups in total. The first-order valence-electron chi connectivity index (χ1n) is 9.94. The van der Waals surface area contributed by atoms with Crippen LogP contribution in [0.2, 0.25) is 0 Å². The van der Waals surface area contributed by atoms with Crippen molar-refractivity contribution in [2.75, 3.05) is 0 Å². The highest BCUT2D eigenvalue weighted by Crippen LogP contribution is 2.49. The van der Waals surface area contributed by atoms with Crippen LogP contribution in [0.4, 0.5) is 26.3 Å². The SMILES string of the molecule is CC(C)CC(CC(O)(C(F)(F)F)C(F)(F)F)OC(=O)C(C)(CC(C)(C)C)C(C)(C)C. The topological polar surface area (TPSA) is 46.5 Å². The van der Waals surface area contributed by atoms with Gasteiger partial charge >= 0.3 is 18.3 Å². The molecule has 0 aromatic heterocycles. The van der Waals surface area contributed by atoms with Crippen molar-refractivity contribution in [3.8, 4) is 0 Å². The zero-order valence-electron chi connectivity index (χ0n) is 19.3. The van der Waals surface area contributed by atoms with E-state index in [9.17, 15) is 36.2 Å². The van der Waals surface area contributed by atoms with Gasteiger partial charge in [0.2, 0.25) is 0 Å². The molecule has 180 valence electrons. The van der Waals surface area contributed by atoms with Crippen molar-refractivity contribution in [2.45, 2.75) is 106 Å². The first kappa shape index (κ1) is 29.0. The monoisotopic (exact) mass is 450 g/mol. The van der Waals surface area contributed by atoms with Crippen molar-refractivity contribution in [2.24, 2.45) is 22.2 Å². The minimum atomic E-state index is -5.97. The van der Waals surface area contributed by atoms with E-state index in [1.165, 1.54) is 0 Å². The fourth-order valence-corrected chi connectivity index (χ4v) is 3.41.